The molecule has 0 unspecified atom stereocenters. The van der Waals surface area contributed by atoms with Gasteiger partial charge in [-0.25, -0.2) is 4.39 Å². The van der Waals surface area contributed by atoms with Gasteiger partial charge in [0.05, 0.1) is 0 Å². The normalized spacial score (nSPS) is 9.40. The van der Waals surface area contributed by atoms with Crippen LogP contribution in [-0.2, 0) is 0 Å². The van der Waals surface area contributed by atoms with Gasteiger partial charge in [0.25, 0.3) is 0 Å². The van der Waals surface area contributed by atoms with Gasteiger partial charge in [-0.3, -0.25) is 4.79 Å². The average molecular weight is 270 g/mol. The minimum Gasteiger partial charge on any atom is -0.328 e. The lowest BCUT2D eigenvalue weighted by Gasteiger charge is -1.99. The van der Waals surface area contributed by atoms with Crippen molar-refractivity contribution in [3.8, 4) is 11.1 Å². The maximum Gasteiger partial charge on any atom is 0.247 e. The summed E-state index contributed by atoms with van der Waals surface area (Å²) in [5.74, 6) is -0.266. The van der Waals surface area contributed by atoms with Crippen LogP contribution in [-0.4, -0.2) is 4.98 Å². The topological polar surface area (TPSA) is 32.9 Å². The standard InChI is InChI=1S/C11H8FNO.BrH/c12-10-4-1-8(2-5-10)9-3-6-11(14)13-7-9;/h1-7H,(H,13,14);1H. The van der Waals surface area contributed by atoms with Crippen molar-refractivity contribution in [2.75, 3.05) is 0 Å². The Labute approximate surface area is 96.5 Å². The monoisotopic (exact) mass is 269 g/mol. The molecule has 0 atom stereocenters. The fourth-order valence-electron chi connectivity index (χ4n) is 1.23. The van der Waals surface area contributed by atoms with Gasteiger partial charge in [0.1, 0.15) is 5.82 Å². The largest absolute Gasteiger partial charge is 0.328 e. The summed E-state index contributed by atoms with van der Waals surface area (Å²) in [6, 6.07) is 9.26. The number of H-pyrrole nitrogens is 1. The molecular formula is C11H9BrFNO. The van der Waals surface area contributed by atoms with E-state index in [0.29, 0.717) is 0 Å². The molecule has 0 bridgehead atoms. The molecule has 1 heterocycles. The molecule has 0 aliphatic heterocycles. The summed E-state index contributed by atoms with van der Waals surface area (Å²) in [7, 11) is 0. The van der Waals surface area contributed by atoms with E-state index in [1.165, 1.54) is 18.2 Å². The Kier molecular flexibility index (Phi) is 3.80. The van der Waals surface area contributed by atoms with Crippen molar-refractivity contribution < 1.29 is 4.39 Å². The number of aromatic amines is 1. The summed E-state index contributed by atoms with van der Waals surface area (Å²) in [6.07, 6.45) is 1.61. The van der Waals surface area contributed by atoms with Crippen molar-refractivity contribution >= 4 is 17.0 Å². The maximum absolute atomic E-state index is 12.6. The molecular weight excluding hydrogens is 261 g/mol. The highest BCUT2D eigenvalue weighted by atomic mass is 79.9. The Morgan fingerprint density at radius 3 is 2.07 bits per heavy atom. The van der Waals surface area contributed by atoms with Gasteiger partial charge >= 0.3 is 0 Å². The Hall–Kier alpha value is -1.42. The molecule has 2 rings (SSSR count). The zero-order valence-corrected chi connectivity index (χ0v) is 9.45. The number of benzene rings is 1. The van der Waals surface area contributed by atoms with E-state index in [1.807, 2.05) is 0 Å². The van der Waals surface area contributed by atoms with E-state index < -0.39 is 0 Å². The van der Waals surface area contributed by atoms with Crippen molar-refractivity contribution in [3.05, 3.63) is 58.8 Å². The van der Waals surface area contributed by atoms with E-state index in [-0.39, 0.29) is 28.4 Å². The molecule has 0 aliphatic rings. The molecule has 1 aromatic heterocycles. The molecule has 0 amide bonds. The van der Waals surface area contributed by atoms with Crippen LogP contribution in [0.4, 0.5) is 4.39 Å². The summed E-state index contributed by atoms with van der Waals surface area (Å²) in [4.78, 5) is 13.4. The third kappa shape index (κ3) is 2.76. The first-order chi connectivity index (χ1) is 6.75. The van der Waals surface area contributed by atoms with Crippen LogP contribution in [0.5, 0.6) is 0 Å². The minimum absolute atomic E-state index is 0. The lowest BCUT2D eigenvalue weighted by Crippen LogP contribution is -2.01. The third-order valence-electron chi connectivity index (χ3n) is 1.96. The predicted octanol–water partition coefficient (Wildman–Crippen LogP) is 2.76. The molecule has 0 spiro atoms. The lowest BCUT2D eigenvalue weighted by atomic mass is 10.1. The van der Waals surface area contributed by atoms with Crippen molar-refractivity contribution in [3.63, 3.8) is 0 Å². The Bertz CT molecular complexity index is 472. The van der Waals surface area contributed by atoms with Gasteiger partial charge in [0.15, 0.2) is 0 Å². The molecule has 1 N–H and O–H groups in total. The molecule has 1 aromatic carbocycles. The van der Waals surface area contributed by atoms with Crippen LogP contribution in [0.2, 0.25) is 0 Å². The van der Waals surface area contributed by atoms with Crippen molar-refractivity contribution in [1.82, 2.24) is 4.98 Å². The number of halogens is 2. The van der Waals surface area contributed by atoms with E-state index in [9.17, 15) is 9.18 Å². The van der Waals surface area contributed by atoms with Crippen LogP contribution in [0, 0.1) is 5.82 Å². The first kappa shape index (κ1) is 11.7. The highest BCUT2D eigenvalue weighted by molar-refractivity contribution is 8.93. The molecule has 2 nitrogen and oxygen atoms in total. The van der Waals surface area contributed by atoms with Crippen molar-refractivity contribution in [1.29, 1.82) is 0 Å². The van der Waals surface area contributed by atoms with E-state index in [4.69, 9.17) is 0 Å². The average Bonchev–Trinajstić information content (AvgIpc) is 2.21. The quantitative estimate of drug-likeness (QED) is 0.849. The number of pyridine rings is 1. The first-order valence-corrected chi connectivity index (χ1v) is 4.20. The molecule has 0 fully saturated rings. The van der Waals surface area contributed by atoms with Crippen molar-refractivity contribution in [2.45, 2.75) is 0 Å². The molecule has 0 saturated carbocycles. The smallest absolute Gasteiger partial charge is 0.247 e. The first-order valence-electron chi connectivity index (χ1n) is 4.20. The maximum atomic E-state index is 12.6. The van der Waals surface area contributed by atoms with Crippen LogP contribution in [0.15, 0.2) is 47.4 Å². The van der Waals surface area contributed by atoms with Crippen molar-refractivity contribution in [2.24, 2.45) is 0 Å². The Morgan fingerprint density at radius 1 is 0.933 bits per heavy atom. The fourth-order valence-corrected chi connectivity index (χ4v) is 1.23. The Morgan fingerprint density at radius 2 is 1.53 bits per heavy atom. The number of rotatable bonds is 1. The Balaban J connectivity index is 0.00000112. The van der Waals surface area contributed by atoms with Crippen LogP contribution >= 0.6 is 17.0 Å². The summed E-state index contributed by atoms with van der Waals surface area (Å²) >= 11 is 0. The van der Waals surface area contributed by atoms with Crippen LogP contribution in [0.3, 0.4) is 0 Å². The molecule has 2 aromatic rings. The second kappa shape index (κ2) is 4.89. The fraction of sp³-hybridized carbons (Fsp3) is 0. The summed E-state index contributed by atoms with van der Waals surface area (Å²) in [5, 5.41) is 0. The van der Waals surface area contributed by atoms with E-state index >= 15 is 0 Å². The number of nitrogens with one attached hydrogen (secondary N) is 1. The molecule has 0 saturated heterocycles. The van der Waals surface area contributed by atoms with Crippen LogP contribution in [0.25, 0.3) is 11.1 Å². The molecule has 15 heavy (non-hydrogen) atoms. The number of hydrogen-bond donors (Lipinski definition) is 1. The van der Waals surface area contributed by atoms with Crippen LogP contribution in [0.1, 0.15) is 0 Å². The van der Waals surface area contributed by atoms with Gasteiger partial charge in [0.2, 0.25) is 5.56 Å². The van der Waals surface area contributed by atoms with Gasteiger partial charge in [0, 0.05) is 12.3 Å². The zero-order valence-electron chi connectivity index (χ0n) is 7.74. The highest BCUT2D eigenvalue weighted by Gasteiger charge is 1.96. The highest BCUT2D eigenvalue weighted by Crippen LogP contribution is 2.16. The molecule has 0 aliphatic carbocycles. The van der Waals surface area contributed by atoms with E-state index in [0.717, 1.165) is 11.1 Å². The zero-order chi connectivity index (χ0) is 9.97. The second-order valence-electron chi connectivity index (χ2n) is 2.95. The van der Waals surface area contributed by atoms with E-state index in [1.54, 1.807) is 24.4 Å². The molecule has 78 valence electrons. The lowest BCUT2D eigenvalue weighted by molar-refractivity contribution is 0.628. The number of hydrogen-bond acceptors (Lipinski definition) is 1. The third-order valence-corrected chi connectivity index (χ3v) is 1.96. The predicted molar refractivity (Wildman–Crippen MR) is 62.8 cm³/mol. The van der Waals surface area contributed by atoms with Gasteiger partial charge < -0.3 is 4.98 Å². The van der Waals surface area contributed by atoms with Crippen LogP contribution < -0.4 is 5.56 Å². The number of aromatic nitrogens is 1. The van der Waals surface area contributed by atoms with Gasteiger partial charge in [-0.05, 0) is 29.3 Å². The minimum atomic E-state index is -0.266. The summed E-state index contributed by atoms with van der Waals surface area (Å²) in [5.41, 5.74) is 1.60. The SMILES string of the molecule is Br.O=c1ccc(-c2ccc(F)cc2)c[nH]1. The van der Waals surface area contributed by atoms with Gasteiger partial charge in [-0.15, -0.1) is 17.0 Å². The summed E-state index contributed by atoms with van der Waals surface area (Å²) < 4.78 is 12.6. The van der Waals surface area contributed by atoms with Gasteiger partial charge in [-0.2, -0.15) is 0 Å². The second-order valence-corrected chi connectivity index (χ2v) is 2.95. The van der Waals surface area contributed by atoms with E-state index in [2.05, 4.69) is 4.98 Å². The summed E-state index contributed by atoms with van der Waals surface area (Å²) in [6.45, 7) is 0. The molecule has 4 heteroatoms. The molecule has 0 radical (unpaired) electrons. The van der Waals surface area contributed by atoms with Gasteiger partial charge in [-0.1, -0.05) is 12.1 Å².